The fraction of sp³-hybridized carbons (Fsp3) is 0.667. The molecule has 3 atom stereocenters. The summed E-state index contributed by atoms with van der Waals surface area (Å²) in [5.74, 6) is 1.47. The number of ether oxygens (including phenoxy) is 2. The highest BCUT2D eigenvalue weighted by atomic mass is 16.6. The minimum atomic E-state index is -0.482. The Morgan fingerprint density at radius 3 is 2.79 bits per heavy atom. The summed E-state index contributed by atoms with van der Waals surface area (Å²) in [7, 11) is 0. The molecule has 1 amide bonds. The van der Waals surface area contributed by atoms with Crippen LogP contribution in [0.4, 0.5) is 4.79 Å². The molecule has 0 spiro atoms. The number of carbonyl (C=O) groups excluding carboxylic acids is 1. The van der Waals surface area contributed by atoms with E-state index in [0.717, 1.165) is 18.4 Å². The molecule has 132 valence electrons. The van der Waals surface area contributed by atoms with Gasteiger partial charge in [-0.1, -0.05) is 0 Å². The lowest BCUT2D eigenvalue weighted by molar-refractivity contribution is -0.0141. The monoisotopic (exact) mass is 334 g/mol. The van der Waals surface area contributed by atoms with Crippen LogP contribution in [0.1, 0.15) is 45.1 Å². The van der Waals surface area contributed by atoms with Crippen molar-refractivity contribution in [1.82, 2.24) is 9.88 Å². The summed E-state index contributed by atoms with van der Waals surface area (Å²) in [5, 5.41) is 9.18. The molecule has 2 unspecified atom stereocenters. The van der Waals surface area contributed by atoms with Crippen molar-refractivity contribution >= 4 is 6.09 Å². The molecule has 2 fully saturated rings. The fourth-order valence-electron chi connectivity index (χ4n) is 2.94. The lowest BCUT2D eigenvalue weighted by Crippen LogP contribution is -2.55. The first-order valence-electron chi connectivity index (χ1n) is 8.55. The standard InChI is InChI=1S/C18H26N2O4/c1-18(2,3)24-17(22)20-5-4-14(20)11-23-15-6-12(8-19-9-15)16-7-13(16)10-21/h6,8-9,13-14,16,21H,4-5,7,10-11H2,1-3H3/t13?,14-,16?/m0/s1. The second kappa shape index (κ2) is 6.59. The number of rotatable bonds is 5. The summed E-state index contributed by atoms with van der Waals surface area (Å²) < 4.78 is 11.2. The number of nitrogens with zero attached hydrogens (tertiary/aromatic N) is 2. The van der Waals surface area contributed by atoms with Crippen LogP contribution < -0.4 is 4.74 Å². The molecule has 0 aromatic carbocycles. The summed E-state index contributed by atoms with van der Waals surface area (Å²) >= 11 is 0. The zero-order chi connectivity index (χ0) is 17.3. The zero-order valence-electron chi connectivity index (χ0n) is 14.6. The van der Waals surface area contributed by atoms with Crippen molar-refractivity contribution in [2.45, 2.75) is 51.2 Å². The molecule has 1 aromatic rings. The van der Waals surface area contributed by atoms with Crippen LogP contribution in [0.3, 0.4) is 0 Å². The zero-order valence-corrected chi connectivity index (χ0v) is 14.6. The van der Waals surface area contributed by atoms with E-state index in [1.165, 1.54) is 0 Å². The third-order valence-electron chi connectivity index (χ3n) is 4.53. The Balaban J connectivity index is 1.51. The Morgan fingerprint density at radius 2 is 2.21 bits per heavy atom. The maximum absolute atomic E-state index is 12.1. The van der Waals surface area contributed by atoms with Gasteiger partial charge >= 0.3 is 6.09 Å². The van der Waals surface area contributed by atoms with Crippen molar-refractivity contribution in [3.05, 3.63) is 24.0 Å². The van der Waals surface area contributed by atoms with E-state index in [2.05, 4.69) is 4.98 Å². The molecule has 24 heavy (non-hydrogen) atoms. The summed E-state index contributed by atoms with van der Waals surface area (Å²) in [6, 6.07) is 2.04. The molecule has 1 N–H and O–H groups in total. The molecule has 1 aromatic heterocycles. The maximum atomic E-state index is 12.1. The van der Waals surface area contributed by atoms with Gasteiger partial charge in [-0.25, -0.2) is 4.79 Å². The van der Waals surface area contributed by atoms with Gasteiger partial charge in [0.05, 0.1) is 12.2 Å². The third kappa shape index (κ3) is 3.98. The molecule has 1 saturated heterocycles. The molecule has 1 aliphatic carbocycles. The van der Waals surface area contributed by atoms with Gasteiger partial charge in [-0.15, -0.1) is 0 Å². The first kappa shape index (κ1) is 17.0. The van der Waals surface area contributed by atoms with Gasteiger partial charge in [0.2, 0.25) is 0 Å². The third-order valence-corrected chi connectivity index (χ3v) is 4.53. The molecular weight excluding hydrogens is 308 g/mol. The summed E-state index contributed by atoms with van der Waals surface area (Å²) in [6.07, 6.45) is 5.18. The normalized spacial score (nSPS) is 25.8. The second-order valence-corrected chi connectivity index (χ2v) is 7.67. The van der Waals surface area contributed by atoms with Crippen molar-refractivity contribution in [3.8, 4) is 5.75 Å². The summed E-state index contributed by atoms with van der Waals surface area (Å²) in [5.41, 5.74) is 0.633. The molecule has 3 rings (SSSR count). The minimum absolute atomic E-state index is 0.0506. The number of aromatic nitrogens is 1. The average Bonchev–Trinajstić information content (AvgIpc) is 3.24. The van der Waals surface area contributed by atoms with E-state index in [9.17, 15) is 9.90 Å². The number of hydrogen-bond donors (Lipinski definition) is 1. The topological polar surface area (TPSA) is 71.9 Å². The number of hydrogen-bond acceptors (Lipinski definition) is 5. The first-order valence-corrected chi connectivity index (χ1v) is 8.55. The van der Waals surface area contributed by atoms with E-state index >= 15 is 0 Å². The molecule has 0 radical (unpaired) electrons. The van der Waals surface area contributed by atoms with Gasteiger partial charge in [0.25, 0.3) is 0 Å². The van der Waals surface area contributed by atoms with Crippen LogP contribution in [0.25, 0.3) is 0 Å². The lowest BCUT2D eigenvalue weighted by Gasteiger charge is -2.40. The highest BCUT2D eigenvalue weighted by Gasteiger charge is 2.38. The minimum Gasteiger partial charge on any atom is -0.490 e. The van der Waals surface area contributed by atoms with Crippen LogP contribution in [-0.4, -0.2) is 52.5 Å². The van der Waals surface area contributed by atoms with Crippen molar-refractivity contribution in [2.24, 2.45) is 5.92 Å². The van der Waals surface area contributed by atoms with Gasteiger partial charge in [-0.2, -0.15) is 0 Å². The van der Waals surface area contributed by atoms with Crippen molar-refractivity contribution < 1.29 is 19.4 Å². The van der Waals surface area contributed by atoms with Crippen LogP contribution in [0.5, 0.6) is 5.75 Å². The lowest BCUT2D eigenvalue weighted by atomic mass is 10.1. The van der Waals surface area contributed by atoms with Crippen LogP contribution in [0.15, 0.2) is 18.5 Å². The quantitative estimate of drug-likeness (QED) is 0.896. The van der Waals surface area contributed by atoms with E-state index in [4.69, 9.17) is 9.47 Å². The van der Waals surface area contributed by atoms with Gasteiger partial charge in [-0.05, 0) is 57.1 Å². The van der Waals surface area contributed by atoms with Gasteiger partial charge in [0.15, 0.2) is 0 Å². The van der Waals surface area contributed by atoms with Crippen LogP contribution >= 0.6 is 0 Å². The molecule has 2 aliphatic rings. The highest BCUT2D eigenvalue weighted by molar-refractivity contribution is 5.69. The fourth-order valence-corrected chi connectivity index (χ4v) is 2.94. The SMILES string of the molecule is CC(C)(C)OC(=O)N1CC[C@H]1COc1cncc(C2CC2CO)c1. The molecular formula is C18H26N2O4. The second-order valence-electron chi connectivity index (χ2n) is 7.67. The van der Waals surface area contributed by atoms with Gasteiger partial charge in [0, 0.05) is 19.3 Å². The van der Waals surface area contributed by atoms with Crippen molar-refractivity contribution in [3.63, 3.8) is 0 Å². The van der Waals surface area contributed by atoms with Crippen LogP contribution in [0, 0.1) is 5.92 Å². The summed E-state index contributed by atoms with van der Waals surface area (Å²) in [4.78, 5) is 18.0. The first-order chi connectivity index (χ1) is 11.4. The molecule has 6 heteroatoms. The van der Waals surface area contributed by atoms with Gasteiger partial charge in [0.1, 0.15) is 18.0 Å². The van der Waals surface area contributed by atoms with E-state index < -0.39 is 5.60 Å². The highest BCUT2D eigenvalue weighted by Crippen LogP contribution is 2.47. The van der Waals surface area contributed by atoms with Gasteiger partial charge < -0.3 is 19.5 Å². The number of aliphatic hydroxyl groups excluding tert-OH is 1. The maximum Gasteiger partial charge on any atom is 0.410 e. The Labute approximate surface area is 142 Å². The predicted octanol–water partition coefficient (Wildman–Crippen LogP) is 2.57. The van der Waals surface area contributed by atoms with Crippen LogP contribution in [0.2, 0.25) is 0 Å². The average molecular weight is 334 g/mol. The van der Waals surface area contributed by atoms with E-state index in [1.807, 2.05) is 33.0 Å². The number of carbonyl (C=O) groups is 1. The van der Waals surface area contributed by atoms with Crippen molar-refractivity contribution in [2.75, 3.05) is 19.8 Å². The Morgan fingerprint density at radius 1 is 1.42 bits per heavy atom. The Hall–Kier alpha value is -1.82. The predicted molar refractivity (Wildman–Crippen MR) is 89.0 cm³/mol. The van der Waals surface area contributed by atoms with Gasteiger partial charge in [-0.3, -0.25) is 4.98 Å². The number of pyridine rings is 1. The Kier molecular flexibility index (Phi) is 4.67. The molecule has 1 aliphatic heterocycles. The van der Waals surface area contributed by atoms with Crippen LogP contribution in [-0.2, 0) is 4.74 Å². The number of likely N-dealkylation sites (tertiary alicyclic amines) is 1. The molecule has 0 bridgehead atoms. The number of aliphatic hydroxyl groups is 1. The van der Waals surface area contributed by atoms with Crippen molar-refractivity contribution in [1.29, 1.82) is 0 Å². The number of amides is 1. The molecule has 6 nitrogen and oxygen atoms in total. The van der Waals surface area contributed by atoms with E-state index in [-0.39, 0.29) is 18.7 Å². The summed E-state index contributed by atoms with van der Waals surface area (Å²) in [6.45, 7) is 6.98. The largest absolute Gasteiger partial charge is 0.490 e. The van der Waals surface area contributed by atoms with E-state index in [0.29, 0.717) is 30.7 Å². The molecule has 2 heterocycles. The van der Waals surface area contributed by atoms with E-state index in [1.54, 1.807) is 11.1 Å². The Bertz CT molecular complexity index is 599. The smallest absolute Gasteiger partial charge is 0.410 e. The molecule has 1 saturated carbocycles.